The predicted octanol–water partition coefficient (Wildman–Crippen LogP) is 7.73. The Morgan fingerprint density at radius 3 is 1.63 bits per heavy atom. The van der Waals surface area contributed by atoms with Crippen LogP contribution in [0.25, 0.3) is 0 Å². The molecule has 0 N–H and O–H groups in total. The van der Waals surface area contributed by atoms with E-state index in [1.165, 1.54) is 19.3 Å². The van der Waals surface area contributed by atoms with Gasteiger partial charge in [-0.15, -0.1) is 0 Å². The van der Waals surface area contributed by atoms with Crippen LogP contribution >= 0.6 is 0 Å². The lowest BCUT2D eigenvalue weighted by Gasteiger charge is -2.50. The topological polar surface area (TPSA) is 0 Å². The predicted molar refractivity (Wildman–Crippen MR) is 127 cm³/mol. The van der Waals surface area contributed by atoms with Gasteiger partial charge in [0.25, 0.3) is 0 Å². The van der Waals surface area contributed by atoms with Crippen LogP contribution in [0.4, 0.5) is 0 Å². The van der Waals surface area contributed by atoms with E-state index in [0.29, 0.717) is 11.3 Å². The molecule has 0 amide bonds. The molecule has 152 valence electrons. The first kappa shape index (κ1) is 27.2. The van der Waals surface area contributed by atoms with Crippen molar-refractivity contribution in [3.8, 4) is 0 Å². The zero-order valence-corrected chi connectivity index (χ0v) is 20.6. The van der Waals surface area contributed by atoms with Crippen molar-refractivity contribution >= 4 is 23.5 Å². The second-order valence-corrected chi connectivity index (χ2v) is 12.5. The van der Waals surface area contributed by atoms with E-state index in [9.17, 15) is 0 Å². The van der Waals surface area contributed by atoms with E-state index in [1.807, 2.05) is 0 Å². The zero-order valence-electron chi connectivity index (χ0n) is 20.6. The molecule has 0 fully saturated rings. The van der Waals surface area contributed by atoms with Gasteiger partial charge in [-0.05, 0) is 29.1 Å². The number of hydrogen-bond acceptors (Lipinski definition) is 0. The summed E-state index contributed by atoms with van der Waals surface area (Å²) in [5.74, 6) is 1.32. The van der Waals surface area contributed by atoms with Crippen molar-refractivity contribution in [1.82, 2.24) is 0 Å². The Bertz CT molecular complexity index is 441. The van der Waals surface area contributed by atoms with Crippen LogP contribution < -0.4 is 0 Å². The number of hydrogen-bond donors (Lipinski definition) is 0. The molecule has 0 bridgehead atoms. The minimum atomic E-state index is -0.363. The summed E-state index contributed by atoms with van der Waals surface area (Å²) in [4.78, 5) is 0. The van der Waals surface area contributed by atoms with Crippen LogP contribution in [0.15, 0.2) is 0 Å². The number of rotatable bonds is 12. The zero-order chi connectivity index (χ0) is 21.9. The highest BCUT2D eigenvalue weighted by molar-refractivity contribution is 6.19. The van der Waals surface area contributed by atoms with E-state index in [1.54, 1.807) is 0 Å². The highest BCUT2D eigenvalue weighted by Gasteiger charge is 2.42. The van der Waals surface area contributed by atoms with Crippen LogP contribution in [0.1, 0.15) is 115 Å². The van der Waals surface area contributed by atoms with Gasteiger partial charge in [0.1, 0.15) is 0 Å². The molecule has 0 nitrogen and oxygen atoms in total. The maximum atomic E-state index is 6.84. The highest BCUT2D eigenvalue weighted by atomic mass is 14.4. The lowest BCUT2D eigenvalue weighted by Crippen LogP contribution is -2.36. The summed E-state index contributed by atoms with van der Waals surface area (Å²) in [6.07, 6.45) is 6.44. The molecular weight excluding hydrogens is 321 g/mol. The SMILES string of the molecule is [B]C(C)(C)CC(C)(C)C([B])(C)CC([B])(C)CC(C)CC(C)(C)C(C)CCC. The van der Waals surface area contributed by atoms with Crippen molar-refractivity contribution in [2.75, 3.05) is 0 Å². The Morgan fingerprint density at radius 2 is 1.22 bits per heavy atom. The fourth-order valence-corrected chi connectivity index (χ4v) is 5.28. The first-order valence-electron chi connectivity index (χ1n) is 11.1. The standard InChI is InChI=1S/C24H47B3/c1-12-13-19(3)20(4,5)14-18(2)15-23(10,26)17-24(11,27)21(6,7)16-22(8,9)25/h18-19H,12-17H2,1-11H3. The Labute approximate surface area is 177 Å². The molecule has 27 heavy (non-hydrogen) atoms. The van der Waals surface area contributed by atoms with Gasteiger partial charge >= 0.3 is 0 Å². The van der Waals surface area contributed by atoms with Crippen LogP contribution in [-0.4, -0.2) is 23.5 Å². The third-order valence-corrected chi connectivity index (χ3v) is 6.96. The molecule has 0 heterocycles. The van der Waals surface area contributed by atoms with Crippen molar-refractivity contribution in [2.24, 2.45) is 22.7 Å². The molecule has 0 saturated carbocycles. The Balaban J connectivity index is 5.05. The van der Waals surface area contributed by atoms with Gasteiger partial charge in [0.15, 0.2) is 0 Å². The fourth-order valence-electron chi connectivity index (χ4n) is 5.28. The quantitative estimate of drug-likeness (QED) is 0.309. The lowest BCUT2D eigenvalue weighted by atomic mass is 9.43. The van der Waals surface area contributed by atoms with Gasteiger partial charge in [-0.25, -0.2) is 0 Å². The van der Waals surface area contributed by atoms with Crippen molar-refractivity contribution in [3.63, 3.8) is 0 Å². The molecule has 0 spiro atoms. The van der Waals surface area contributed by atoms with Crippen LogP contribution in [-0.2, 0) is 0 Å². The smallest absolute Gasteiger partial charge is 0.0711 e. The molecule has 0 aliphatic heterocycles. The normalized spacial score (nSPS) is 20.6. The highest BCUT2D eigenvalue weighted by Crippen LogP contribution is 2.58. The van der Waals surface area contributed by atoms with Gasteiger partial charge in [0, 0.05) is 0 Å². The van der Waals surface area contributed by atoms with Crippen molar-refractivity contribution in [3.05, 3.63) is 0 Å². The van der Waals surface area contributed by atoms with Crippen LogP contribution in [0.2, 0.25) is 15.9 Å². The summed E-state index contributed by atoms with van der Waals surface area (Å²) in [5.41, 5.74) is 0.268. The van der Waals surface area contributed by atoms with E-state index in [0.717, 1.165) is 25.2 Å². The van der Waals surface area contributed by atoms with Gasteiger partial charge in [-0.1, -0.05) is 124 Å². The van der Waals surface area contributed by atoms with E-state index >= 15 is 0 Å². The van der Waals surface area contributed by atoms with Crippen molar-refractivity contribution < 1.29 is 0 Å². The van der Waals surface area contributed by atoms with Crippen molar-refractivity contribution in [1.29, 1.82) is 0 Å². The molecule has 0 aliphatic rings. The summed E-state index contributed by atoms with van der Waals surface area (Å²) in [6, 6.07) is 0. The molecule has 0 aromatic heterocycles. The van der Waals surface area contributed by atoms with E-state index < -0.39 is 0 Å². The van der Waals surface area contributed by atoms with Crippen LogP contribution in [0.3, 0.4) is 0 Å². The molecule has 0 saturated heterocycles. The molecule has 0 aromatic rings. The average molecular weight is 368 g/mol. The first-order chi connectivity index (χ1) is 11.7. The molecule has 4 unspecified atom stereocenters. The minimum absolute atomic E-state index is 0.0793. The second-order valence-electron chi connectivity index (χ2n) is 12.5. The van der Waals surface area contributed by atoms with Crippen LogP contribution in [0.5, 0.6) is 0 Å². The molecule has 3 heteroatoms. The third kappa shape index (κ3) is 9.49. The lowest BCUT2D eigenvalue weighted by molar-refractivity contribution is 0.147. The van der Waals surface area contributed by atoms with Gasteiger partial charge in [-0.3, -0.25) is 0 Å². The Morgan fingerprint density at radius 1 is 0.741 bits per heavy atom. The summed E-state index contributed by atoms with van der Waals surface area (Å²) in [5, 5.41) is -0.872. The van der Waals surface area contributed by atoms with E-state index in [2.05, 4.69) is 76.2 Å². The first-order valence-corrected chi connectivity index (χ1v) is 11.1. The van der Waals surface area contributed by atoms with Crippen LogP contribution in [0, 0.1) is 22.7 Å². The Hall–Kier alpha value is 0.195. The molecule has 0 rings (SSSR count). The van der Waals surface area contributed by atoms with Crippen molar-refractivity contribution in [2.45, 2.75) is 131 Å². The summed E-state index contributed by atoms with van der Waals surface area (Å²) in [7, 11) is 19.9. The largest absolute Gasteiger partial charge is 0.0749 e. The maximum absolute atomic E-state index is 6.84. The summed E-state index contributed by atoms with van der Waals surface area (Å²) < 4.78 is 0. The fraction of sp³-hybridized carbons (Fsp3) is 1.00. The monoisotopic (exact) mass is 368 g/mol. The van der Waals surface area contributed by atoms with E-state index in [4.69, 9.17) is 23.5 Å². The van der Waals surface area contributed by atoms with Gasteiger partial charge in [0.2, 0.25) is 0 Å². The van der Waals surface area contributed by atoms with E-state index in [-0.39, 0.29) is 21.4 Å². The third-order valence-electron chi connectivity index (χ3n) is 6.96. The average Bonchev–Trinajstić information content (AvgIpc) is 2.32. The summed E-state index contributed by atoms with van der Waals surface area (Å²) in [6.45, 7) is 24.8. The van der Waals surface area contributed by atoms with Gasteiger partial charge < -0.3 is 0 Å². The second kappa shape index (κ2) is 9.34. The molecule has 0 aliphatic carbocycles. The minimum Gasteiger partial charge on any atom is -0.0711 e. The van der Waals surface area contributed by atoms with Gasteiger partial charge in [-0.2, -0.15) is 0 Å². The van der Waals surface area contributed by atoms with Gasteiger partial charge in [0.05, 0.1) is 23.5 Å². The molecular formula is C24H47B3. The maximum Gasteiger partial charge on any atom is 0.0749 e. The Kier molecular flexibility index (Phi) is 9.41. The summed E-state index contributed by atoms with van der Waals surface area (Å²) >= 11 is 0. The molecule has 0 aromatic carbocycles. The molecule has 4 atom stereocenters. The molecule has 6 radical (unpaired) electrons.